The third-order valence-electron chi connectivity index (χ3n) is 19.8. The van der Waals surface area contributed by atoms with Crippen molar-refractivity contribution in [3.8, 4) is 45.8 Å². The Hall–Kier alpha value is -13.0. The second kappa shape index (κ2) is 21.2. The molecule has 0 aliphatic rings. The van der Waals surface area contributed by atoms with E-state index in [0.29, 0.717) is 11.5 Å². The first-order valence-corrected chi connectivity index (χ1v) is 33.8. The average molecular weight is 1270 g/mol. The molecule has 8 heterocycles. The third-order valence-corrected chi connectivity index (χ3v) is 20.9. The molecule has 0 spiro atoms. The maximum absolute atomic E-state index is 6.50. The Balaban J connectivity index is 0.000000129. The van der Waals surface area contributed by atoms with Crippen LogP contribution in [0, 0.1) is 0 Å². The fourth-order valence-electron chi connectivity index (χ4n) is 15.5. The van der Waals surface area contributed by atoms with E-state index in [0.717, 1.165) is 111 Å². The molecule has 0 radical (unpaired) electrons. The molecule has 0 fully saturated rings. The number of fused-ring (bicyclic) bond motifs is 20. The lowest BCUT2D eigenvalue weighted by molar-refractivity contribution is 0.653. The normalized spacial score (nSPS) is 12.1. The van der Waals surface area contributed by atoms with Crippen molar-refractivity contribution in [2.75, 3.05) is 0 Å². The molecule has 22 aromatic rings. The Kier molecular flexibility index (Phi) is 11.8. The number of thiophene rings is 1. The SMILES string of the molecule is c1ccc(-n2c3ccccc3c3cc(-c4nc(-n5c6ccccc6c6cc7ccccc7cc65)c5c(n4)oc4ccccc45)ccc32)cc1.c1ccc(-n2c3ccccc3c3cc(-c4nc(-n5c6ccccc6c6cc7ccccc7cc65)c5c(n4)sc4ccccc45)ccc32)cc1. The molecule has 0 atom stereocenters. The minimum Gasteiger partial charge on any atom is -0.437 e. The summed E-state index contributed by atoms with van der Waals surface area (Å²) >= 11 is 1.73. The highest BCUT2D eigenvalue weighted by Gasteiger charge is 2.26. The van der Waals surface area contributed by atoms with E-state index in [-0.39, 0.29) is 0 Å². The van der Waals surface area contributed by atoms with Crippen LogP contribution in [0.4, 0.5) is 0 Å². The highest BCUT2D eigenvalue weighted by Crippen LogP contribution is 2.45. The topological polar surface area (TPSA) is 84.4 Å². The van der Waals surface area contributed by atoms with Crippen LogP contribution in [-0.4, -0.2) is 38.2 Å². The lowest BCUT2D eigenvalue weighted by atomic mass is 10.1. The molecule has 0 N–H and O–H groups in total. The van der Waals surface area contributed by atoms with Crippen LogP contribution < -0.4 is 0 Å². The zero-order chi connectivity index (χ0) is 64.1. The van der Waals surface area contributed by atoms with Gasteiger partial charge in [0.1, 0.15) is 10.4 Å². The second-order valence-corrected chi connectivity index (χ2v) is 26.3. The number of aromatic nitrogens is 8. The molecule has 8 aromatic heterocycles. The molecule has 0 saturated heterocycles. The Bertz CT molecular complexity index is 6650. The van der Waals surface area contributed by atoms with Gasteiger partial charge in [0.05, 0.1) is 54.9 Å². The van der Waals surface area contributed by atoms with E-state index in [1.54, 1.807) is 11.3 Å². The van der Waals surface area contributed by atoms with Crippen LogP contribution in [0.2, 0.25) is 0 Å². The Morgan fingerprint density at radius 3 is 1.14 bits per heavy atom. The van der Waals surface area contributed by atoms with Gasteiger partial charge in [0.25, 0.3) is 0 Å². The van der Waals surface area contributed by atoms with Crippen molar-refractivity contribution >= 4 is 162 Å². The molecular formula is C88H52N8OS. The van der Waals surface area contributed by atoms with E-state index in [2.05, 4.69) is 316 Å². The van der Waals surface area contributed by atoms with E-state index in [1.165, 1.54) is 74.9 Å². The molecule has 0 amide bonds. The molecule has 0 unspecified atom stereocenters. The summed E-state index contributed by atoms with van der Waals surface area (Å²) in [7, 11) is 0. The number of hydrogen-bond acceptors (Lipinski definition) is 6. The lowest BCUT2D eigenvalue weighted by Crippen LogP contribution is -2.02. The van der Waals surface area contributed by atoms with Crippen molar-refractivity contribution < 1.29 is 4.42 Å². The van der Waals surface area contributed by atoms with Gasteiger partial charge in [-0.1, -0.05) is 194 Å². The van der Waals surface area contributed by atoms with Crippen LogP contribution in [-0.2, 0) is 0 Å². The molecule has 22 rings (SSSR count). The van der Waals surface area contributed by atoms with Crippen LogP contribution in [0.5, 0.6) is 0 Å². The third kappa shape index (κ3) is 8.19. The van der Waals surface area contributed by atoms with Crippen molar-refractivity contribution in [1.29, 1.82) is 0 Å². The molecule has 98 heavy (non-hydrogen) atoms. The van der Waals surface area contributed by atoms with Crippen molar-refractivity contribution in [2.45, 2.75) is 0 Å². The molecule has 0 bridgehead atoms. The number of furan rings is 1. The summed E-state index contributed by atoms with van der Waals surface area (Å²) in [5, 5.41) is 18.5. The highest BCUT2D eigenvalue weighted by molar-refractivity contribution is 7.25. The summed E-state index contributed by atoms with van der Waals surface area (Å²) < 4.78 is 17.0. The summed E-state index contributed by atoms with van der Waals surface area (Å²) in [6.45, 7) is 0. The van der Waals surface area contributed by atoms with Crippen LogP contribution in [0.3, 0.4) is 0 Å². The van der Waals surface area contributed by atoms with Crippen LogP contribution in [0.1, 0.15) is 0 Å². The highest BCUT2D eigenvalue weighted by atomic mass is 32.1. The van der Waals surface area contributed by atoms with E-state index in [1.807, 2.05) is 18.2 Å². The fraction of sp³-hybridized carbons (Fsp3) is 0. The van der Waals surface area contributed by atoms with Gasteiger partial charge in [0.2, 0.25) is 5.71 Å². The molecule has 9 nitrogen and oxygen atoms in total. The van der Waals surface area contributed by atoms with E-state index >= 15 is 0 Å². The van der Waals surface area contributed by atoms with Crippen molar-refractivity contribution in [3.05, 3.63) is 315 Å². The minimum absolute atomic E-state index is 0.569. The van der Waals surface area contributed by atoms with Crippen molar-refractivity contribution in [1.82, 2.24) is 38.2 Å². The predicted octanol–water partition coefficient (Wildman–Crippen LogP) is 23.2. The molecule has 14 aromatic carbocycles. The number of nitrogens with zero attached hydrogens (tertiary/aromatic N) is 8. The van der Waals surface area contributed by atoms with Gasteiger partial charge in [-0.25, -0.2) is 15.0 Å². The van der Waals surface area contributed by atoms with Gasteiger partial charge in [-0.15, -0.1) is 11.3 Å². The maximum atomic E-state index is 6.50. The van der Waals surface area contributed by atoms with Gasteiger partial charge >= 0.3 is 0 Å². The Morgan fingerprint density at radius 2 is 0.633 bits per heavy atom. The largest absolute Gasteiger partial charge is 0.437 e. The summed E-state index contributed by atoms with van der Waals surface area (Å²) in [6.07, 6.45) is 0. The van der Waals surface area contributed by atoms with E-state index < -0.39 is 0 Å². The van der Waals surface area contributed by atoms with Crippen LogP contribution in [0.15, 0.2) is 320 Å². The molecule has 456 valence electrons. The first-order valence-electron chi connectivity index (χ1n) is 33.0. The number of rotatable bonds is 6. The molecule has 0 aliphatic carbocycles. The van der Waals surface area contributed by atoms with Crippen molar-refractivity contribution in [2.24, 2.45) is 0 Å². The van der Waals surface area contributed by atoms with Gasteiger partial charge in [-0.2, -0.15) is 4.98 Å². The lowest BCUT2D eigenvalue weighted by Gasteiger charge is -2.12. The van der Waals surface area contributed by atoms with E-state index in [4.69, 9.17) is 24.4 Å². The Labute approximate surface area is 562 Å². The summed E-state index contributed by atoms with van der Waals surface area (Å²) in [6, 6.07) is 112. The molecule has 10 heteroatoms. The fourth-order valence-corrected chi connectivity index (χ4v) is 16.6. The summed E-state index contributed by atoms with van der Waals surface area (Å²) in [5.74, 6) is 3.05. The van der Waals surface area contributed by atoms with Gasteiger partial charge in [-0.05, 0) is 143 Å². The zero-order valence-electron chi connectivity index (χ0n) is 52.4. The molecule has 0 aliphatic heterocycles. The molecular weight excluding hydrogens is 1220 g/mol. The summed E-state index contributed by atoms with van der Waals surface area (Å²) in [5.41, 5.74) is 14.6. The zero-order valence-corrected chi connectivity index (χ0v) is 53.2. The quantitative estimate of drug-likeness (QED) is 0.166. The van der Waals surface area contributed by atoms with Gasteiger partial charge in [0, 0.05) is 81.1 Å². The van der Waals surface area contributed by atoms with Crippen LogP contribution in [0.25, 0.3) is 197 Å². The average Bonchev–Trinajstić information content (AvgIpc) is 1.55. The smallest absolute Gasteiger partial charge is 0.233 e. The second-order valence-electron chi connectivity index (χ2n) is 25.3. The van der Waals surface area contributed by atoms with Gasteiger partial charge < -0.3 is 13.6 Å². The first-order chi connectivity index (χ1) is 48.6. The molecule has 0 saturated carbocycles. The Morgan fingerprint density at radius 1 is 0.255 bits per heavy atom. The summed E-state index contributed by atoms with van der Waals surface area (Å²) in [4.78, 5) is 22.4. The number of benzene rings is 14. The number of hydrogen-bond donors (Lipinski definition) is 0. The predicted molar refractivity (Wildman–Crippen MR) is 407 cm³/mol. The standard InChI is InChI=1S/C44H26N4O.C44H26N4S/c2*1-2-14-30(15-3-1)47-36-19-9-6-16-31(36)34-25-29(22-23-38(34)47)42-45-43(41-33-18-8-11-21-40(33)49-44(41)46-42)48-37-20-10-7-17-32(37)35-24-27-12-4-5-13-28(27)26-39(35)48/h2*1-26H. The monoisotopic (exact) mass is 1270 g/mol. The number of para-hydroxylation sites is 7. The van der Waals surface area contributed by atoms with Gasteiger partial charge in [-0.3, -0.25) is 9.13 Å². The van der Waals surface area contributed by atoms with Crippen LogP contribution >= 0.6 is 11.3 Å². The van der Waals surface area contributed by atoms with Crippen molar-refractivity contribution in [3.63, 3.8) is 0 Å². The van der Waals surface area contributed by atoms with E-state index in [9.17, 15) is 0 Å². The van der Waals surface area contributed by atoms with Gasteiger partial charge in [0.15, 0.2) is 23.3 Å². The first kappa shape index (κ1) is 54.4. The maximum Gasteiger partial charge on any atom is 0.233 e. The minimum atomic E-state index is 0.569.